The van der Waals surface area contributed by atoms with E-state index >= 15 is 0 Å². The van der Waals surface area contributed by atoms with Crippen molar-refractivity contribution in [1.29, 1.82) is 0 Å². The Bertz CT molecular complexity index is 347. The van der Waals surface area contributed by atoms with Gasteiger partial charge in [0, 0.05) is 5.56 Å². The van der Waals surface area contributed by atoms with Gasteiger partial charge in [0.05, 0.1) is 14.2 Å². The van der Waals surface area contributed by atoms with Crippen molar-refractivity contribution >= 4 is 0 Å². The Hall–Kier alpha value is -1.22. The van der Waals surface area contributed by atoms with Crippen LogP contribution in [0.2, 0.25) is 0 Å². The van der Waals surface area contributed by atoms with Crippen LogP contribution in [0.3, 0.4) is 0 Å². The number of nitrogens with one attached hydrogen (secondary N) is 1. The van der Waals surface area contributed by atoms with Crippen molar-refractivity contribution < 1.29 is 9.47 Å². The van der Waals surface area contributed by atoms with Crippen LogP contribution in [0.4, 0.5) is 0 Å². The van der Waals surface area contributed by atoms with E-state index in [4.69, 9.17) is 9.47 Å². The highest BCUT2D eigenvalue weighted by atomic mass is 16.5. The van der Waals surface area contributed by atoms with E-state index in [1.807, 2.05) is 6.92 Å². The third kappa shape index (κ3) is 2.14. The zero-order valence-electron chi connectivity index (χ0n) is 10.2. The predicted octanol–water partition coefficient (Wildman–Crippen LogP) is 1.77. The summed E-state index contributed by atoms with van der Waals surface area (Å²) in [6.45, 7) is 4.27. The lowest BCUT2D eigenvalue weighted by molar-refractivity contribution is 0.344. The molecule has 3 heteroatoms. The van der Waals surface area contributed by atoms with Gasteiger partial charge in [-0.15, -0.1) is 0 Å². The van der Waals surface area contributed by atoms with Crippen molar-refractivity contribution in [3.63, 3.8) is 0 Å². The number of rotatable bonds is 4. The van der Waals surface area contributed by atoms with Crippen LogP contribution in [0.5, 0.6) is 11.5 Å². The van der Waals surface area contributed by atoms with Crippen LogP contribution in [-0.2, 0) is 6.42 Å². The van der Waals surface area contributed by atoms with Gasteiger partial charge in [-0.3, -0.25) is 0 Å². The average molecular weight is 221 g/mol. The van der Waals surface area contributed by atoms with Crippen molar-refractivity contribution in [2.75, 3.05) is 27.3 Å². The second-order valence-electron chi connectivity index (χ2n) is 4.35. The normalized spacial score (nSPS) is 15.7. The summed E-state index contributed by atoms with van der Waals surface area (Å²) < 4.78 is 10.7. The number of ether oxygens (including phenoxy) is 2. The second-order valence-corrected chi connectivity index (χ2v) is 4.35. The molecule has 0 unspecified atom stereocenters. The predicted molar refractivity (Wildman–Crippen MR) is 64.3 cm³/mol. The molecule has 1 N–H and O–H groups in total. The molecule has 0 saturated carbocycles. The Kier molecular flexibility index (Phi) is 3.34. The van der Waals surface area contributed by atoms with Gasteiger partial charge in [-0.2, -0.15) is 0 Å². The lowest BCUT2D eigenvalue weighted by Crippen LogP contribution is -2.43. The van der Waals surface area contributed by atoms with E-state index < -0.39 is 0 Å². The van der Waals surface area contributed by atoms with Crippen LogP contribution in [-0.4, -0.2) is 27.3 Å². The van der Waals surface area contributed by atoms with Gasteiger partial charge >= 0.3 is 0 Å². The summed E-state index contributed by atoms with van der Waals surface area (Å²) in [7, 11) is 3.41. The monoisotopic (exact) mass is 221 g/mol. The zero-order chi connectivity index (χ0) is 11.5. The maximum atomic E-state index is 5.37. The minimum absolute atomic E-state index is 0.761. The summed E-state index contributed by atoms with van der Waals surface area (Å²) in [5.74, 6) is 2.60. The highest BCUT2D eigenvalue weighted by Crippen LogP contribution is 2.30. The van der Waals surface area contributed by atoms with Gasteiger partial charge < -0.3 is 14.8 Å². The van der Waals surface area contributed by atoms with E-state index in [1.165, 1.54) is 5.56 Å². The molecule has 0 amide bonds. The first-order valence-corrected chi connectivity index (χ1v) is 5.66. The van der Waals surface area contributed by atoms with Gasteiger partial charge in [0.15, 0.2) is 0 Å². The first-order chi connectivity index (χ1) is 7.74. The van der Waals surface area contributed by atoms with Crippen molar-refractivity contribution in [2.24, 2.45) is 5.92 Å². The maximum absolute atomic E-state index is 5.37. The molecule has 1 aromatic carbocycles. The molecule has 0 atom stereocenters. The molecule has 1 aliphatic rings. The van der Waals surface area contributed by atoms with Gasteiger partial charge in [0.1, 0.15) is 11.5 Å². The minimum Gasteiger partial charge on any atom is -0.496 e. The maximum Gasteiger partial charge on any atom is 0.125 e. The number of hydrogen-bond acceptors (Lipinski definition) is 3. The van der Waals surface area contributed by atoms with Gasteiger partial charge in [0.25, 0.3) is 0 Å². The molecule has 1 saturated heterocycles. The summed E-state index contributed by atoms with van der Waals surface area (Å²) in [5, 5.41) is 3.29. The standard InChI is InChI=1S/C13H19NO2/c1-9-12(15-2)5-10(6-13(9)16-3)4-11-7-14-8-11/h5-6,11,14H,4,7-8H2,1-3H3. The van der Waals surface area contributed by atoms with Crippen molar-refractivity contribution in [1.82, 2.24) is 5.32 Å². The first kappa shape index (κ1) is 11.3. The van der Waals surface area contributed by atoms with Gasteiger partial charge in [-0.25, -0.2) is 0 Å². The summed E-state index contributed by atoms with van der Waals surface area (Å²) in [6.07, 6.45) is 1.10. The van der Waals surface area contributed by atoms with Crippen molar-refractivity contribution in [2.45, 2.75) is 13.3 Å². The number of hydrogen-bond donors (Lipinski definition) is 1. The average Bonchev–Trinajstić information content (AvgIpc) is 2.25. The fraction of sp³-hybridized carbons (Fsp3) is 0.538. The van der Waals surface area contributed by atoms with Crippen LogP contribution in [0.1, 0.15) is 11.1 Å². The molecule has 16 heavy (non-hydrogen) atoms. The van der Waals surface area contributed by atoms with E-state index in [-0.39, 0.29) is 0 Å². The Morgan fingerprint density at radius 3 is 2.12 bits per heavy atom. The van der Waals surface area contributed by atoms with Gasteiger partial charge in [-0.05, 0) is 50.0 Å². The lowest BCUT2D eigenvalue weighted by Gasteiger charge is -2.27. The first-order valence-electron chi connectivity index (χ1n) is 5.66. The quantitative estimate of drug-likeness (QED) is 0.840. The fourth-order valence-corrected chi connectivity index (χ4v) is 2.08. The second kappa shape index (κ2) is 4.74. The van der Waals surface area contributed by atoms with Crippen LogP contribution >= 0.6 is 0 Å². The Balaban J connectivity index is 2.23. The molecule has 1 fully saturated rings. The van der Waals surface area contributed by atoms with Crippen LogP contribution in [0.25, 0.3) is 0 Å². The zero-order valence-corrected chi connectivity index (χ0v) is 10.2. The smallest absolute Gasteiger partial charge is 0.125 e. The van der Waals surface area contributed by atoms with Crippen molar-refractivity contribution in [3.05, 3.63) is 23.3 Å². The lowest BCUT2D eigenvalue weighted by atomic mass is 9.93. The Labute approximate surface area is 96.8 Å². The number of methoxy groups -OCH3 is 2. The Morgan fingerprint density at radius 1 is 1.19 bits per heavy atom. The highest BCUT2D eigenvalue weighted by Gasteiger charge is 2.18. The van der Waals surface area contributed by atoms with E-state index in [2.05, 4.69) is 17.4 Å². The molecular weight excluding hydrogens is 202 g/mol. The molecule has 1 heterocycles. The fourth-order valence-electron chi connectivity index (χ4n) is 2.08. The van der Waals surface area contributed by atoms with Crippen LogP contribution in [0.15, 0.2) is 12.1 Å². The summed E-state index contributed by atoms with van der Waals surface area (Å²) in [4.78, 5) is 0. The SMILES string of the molecule is COc1cc(CC2CNC2)cc(OC)c1C. The van der Waals surface area contributed by atoms with E-state index in [0.717, 1.165) is 42.5 Å². The highest BCUT2D eigenvalue weighted by molar-refractivity contribution is 5.47. The summed E-state index contributed by atoms with van der Waals surface area (Å²) >= 11 is 0. The Morgan fingerprint density at radius 2 is 1.75 bits per heavy atom. The molecule has 0 aliphatic carbocycles. The molecule has 0 radical (unpaired) electrons. The van der Waals surface area contributed by atoms with Crippen molar-refractivity contribution in [3.8, 4) is 11.5 Å². The number of benzene rings is 1. The third-order valence-electron chi connectivity index (χ3n) is 3.20. The largest absolute Gasteiger partial charge is 0.496 e. The van der Waals surface area contributed by atoms with Crippen LogP contribution < -0.4 is 14.8 Å². The molecule has 1 aliphatic heterocycles. The molecular formula is C13H19NO2. The topological polar surface area (TPSA) is 30.5 Å². The molecule has 2 rings (SSSR count). The summed E-state index contributed by atoms with van der Waals surface area (Å²) in [6, 6.07) is 4.24. The molecule has 0 spiro atoms. The molecule has 3 nitrogen and oxygen atoms in total. The van der Waals surface area contributed by atoms with E-state index in [0.29, 0.717) is 0 Å². The van der Waals surface area contributed by atoms with Gasteiger partial charge in [0.2, 0.25) is 0 Å². The van der Waals surface area contributed by atoms with E-state index in [9.17, 15) is 0 Å². The van der Waals surface area contributed by atoms with Gasteiger partial charge in [-0.1, -0.05) is 0 Å². The summed E-state index contributed by atoms with van der Waals surface area (Å²) in [5.41, 5.74) is 2.37. The molecule has 88 valence electrons. The molecule has 1 aromatic rings. The third-order valence-corrected chi connectivity index (χ3v) is 3.20. The van der Waals surface area contributed by atoms with E-state index in [1.54, 1.807) is 14.2 Å². The molecule has 0 aromatic heterocycles. The minimum atomic E-state index is 0.761. The molecule has 0 bridgehead atoms. The van der Waals surface area contributed by atoms with Crippen LogP contribution in [0, 0.1) is 12.8 Å².